The van der Waals surface area contributed by atoms with Crippen LogP contribution in [0, 0.1) is 11.3 Å². The zero-order valence-corrected chi connectivity index (χ0v) is 8.92. The van der Waals surface area contributed by atoms with E-state index >= 15 is 0 Å². The highest BCUT2D eigenvalue weighted by Gasteiger charge is 2.08. The highest BCUT2D eigenvalue weighted by molar-refractivity contribution is 5.95. The Kier molecular flexibility index (Phi) is 2.13. The maximum Gasteiger partial charge on any atom is 0.301 e. The number of oxazole rings is 1. The fraction of sp³-hybridized carbons (Fsp3) is 0. The second-order valence-electron chi connectivity index (χ2n) is 3.67. The lowest BCUT2D eigenvalue weighted by Gasteiger charge is -2.02. The second kappa shape index (κ2) is 3.76. The molecular weight excluding hydrogens is 212 g/mol. The highest BCUT2D eigenvalue weighted by atomic mass is 16.4. The molecule has 0 amide bonds. The van der Waals surface area contributed by atoms with E-state index in [0.29, 0.717) is 5.76 Å². The molecule has 0 aliphatic heterocycles. The Morgan fingerprint density at radius 2 is 1.88 bits per heavy atom. The molecule has 0 bridgehead atoms. The third-order valence-electron chi connectivity index (χ3n) is 2.66. The van der Waals surface area contributed by atoms with Crippen molar-refractivity contribution < 1.29 is 4.42 Å². The predicted molar refractivity (Wildman–Crippen MR) is 64.2 cm³/mol. The normalized spacial score (nSPS) is 10.3. The number of hydrogen-bond acceptors (Lipinski definition) is 3. The van der Waals surface area contributed by atoms with Crippen LogP contribution in [0.15, 0.2) is 53.1 Å². The van der Waals surface area contributed by atoms with Crippen molar-refractivity contribution in [3.05, 3.63) is 54.6 Å². The summed E-state index contributed by atoms with van der Waals surface area (Å²) in [5, 5.41) is 10.9. The van der Waals surface area contributed by atoms with Gasteiger partial charge in [-0.3, -0.25) is 0 Å². The summed E-state index contributed by atoms with van der Waals surface area (Å²) < 4.78 is 5.35. The zero-order chi connectivity index (χ0) is 11.7. The Balaban J connectivity index is 2.27. The Morgan fingerprint density at radius 1 is 1.06 bits per heavy atom. The average molecular weight is 220 g/mol. The molecule has 0 fully saturated rings. The molecule has 17 heavy (non-hydrogen) atoms. The van der Waals surface area contributed by atoms with Crippen molar-refractivity contribution in [3.8, 4) is 17.4 Å². The lowest BCUT2D eigenvalue weighted by atomic mass is 10.0. The molecule has 0 aliphatic rings. The summed E-state index contributed by atoms with van der Waals surface area (Å²) in [5.74, 6) is 0.714. The van der Waals surface area contributed by atoms with Crippen LogP contribution in [0.25, 0.3) is 22.1 Å². The third-order valence-corrected chi connectivity index (χ3v) is 2.66. The van der Waals surface area contributed by atoms with Crippen LogP contribution in [0.2, 0.25) is 0 Å². The molecule has 0 saturated carbocycles. The van der Waals surface area contributed by atoms with Crippen LogP contribution >= 0.6 is 0 Å². The van der Waals surface area contributed by atoms with Crippen LogP contribution in [0.1, 0.15) is 5.89 Å². The van der Waals surface area contributed by atoms with Gasteiger partial charge in [-0.05, 0) is 10.8 Å². The van der Waals surface area contributed by atoms with Gasteiger partial charge < -0.3 is 4.42 Å². The SMILES string of the molecule is N#Cc1ncc(-c2cccc3ccccc23)o1. The summed E-state index contributed by atoms with van der Waals surface area (Å²) in [7, 11) is 0. The maximum absolute atomic E-state index is 8.70. The van der Waals surface area contributed by atoms with Gasteiger partial charge in [-0.15, -0.1) is 0 Å². The molecule has 3 rings (SSSR count). The zero-order valence-electron chi connectivity index (χ0n) is 8.92. The van der Waals surface area contributed by atoms with Crippen LogP contribution in [-0.4, -0.2) is 4.98 Å². The molecule has 0 spiro atoms. The third kappa shape index (κ3) is 1.56. The van der Waals surface area contributed by atoms with Gasteiger partial charge in [-0.2, -0.15) is 5.26 Å². The van der Waals surface area contributed by atoms with Crippen molar-refractivity contribution in [2.75, 3.05) is 0 Å². The van der Waals surface area contributed by atoms with Crippen molar-refractivity contribution in [2.24, 2.45) is 0 Å². The van der Waals surface area contributed by atoms with Gasteiger partial charge in [-0.25, -0.2) is 4.98 Å². The monoisotopic (exact) mass is 220 g/mol. The molecule has 1 heterocycles. The molecule has 0 N–H and O–H groups in total. The highest BCUT2D eigenvalue weighted by Crippen LogP contribution is 2.28. The van der Waals surface area contributed by atoms with Gasteiger partial charge in [0.1, 0.15) is 0 Å². The van der Waals surface area contributed by atoms with Crippen LogP contribution < -0.4 is 0 Å². The van der Waals surface area contributed by atoms with Gasteiger partial charge in [-0.1, -0.05) is 42.5 Å². The molecule has 0 atom stereocenters. The van der Waals surface area contributed by atoms with Gasteiger partial charge in [0.15, 0.2) is 11.8 Å². The van der Waals surface area contributed by atoms with Crippen LogP contribution in [0.4, 0.5) is 0 Å². The summed E-state index contributed by atoms with van der Waals surface area (Å²) in [4.78, 5) is 3.89. The first-order chi connectivity index (χ1) is 8.38. The fourth-order valence-electron chi connectivity index (χ4n) is 1.89. The number of aromatic nitrogens is 1. The van der Waals surface area contributed by atoms with Crippen molar-refractivity contribution in [1.29, 1.82) is 5.26 Å². The van der Waals surface area contributed by atoms with Crippen molar-refractivity contribution in [2.45, 2.75) is 0 Å². The van der Waals surface area contributed by atoms with Crippen LogP contribution in [0.3, 0.4) is 0 Å². The smallest absolute Gasteiger partial charge is 0.301 e. The minimum atomic E-state index is 0.0907. The molecule has 3 nitrogen and oxygen atoms in total. The predicted octanol–water partition coefficient (Wildman–Crippen LogP) is 3.37. The first kappa shape index (κ1) is 9.61. The second-order valence-corrected chi connectivity index (χ2v) is 3.67. The molecule has 1 aromatic heterocycles. The van der Waals surface area contributed by atoms with E-state index in [1.54, 1.807) is 6.20 Å². The molecule has 0 aliphatic carbocycles. The Labute approximate surface area is 97.9 Å². The van der Waals surface area contributed by atoms with E-state index in [4.69, 9.17) is 9.68 Å². The van der Waals surface area contributed by atoms with Crippen LogP contribution in [-0.2, 0) is 0 Å². The number of nitriles is 1. The van der Waals surface area contributed by atoms with E-state index in [0.717, 1.165) is 16.3 Å². The number of rotatable bonds is 1. The number of fused-ring (bicyclic) bond motifs is 1. The van der Waals surface area contributed by atoms with Gasteiger partial charge >= 0.3 is 5.89 Å². The first-order valence-corrected chi connectivity index (χ1v) is 5.22. The van der Waals surface area contributed by atoms with Gasteiger partial charge in [0.05, 0.1) is 6.20 Å². The van der Waals surface area contributed by atoms with E-state index in [2.05, 4.69) is 4.98 Å². The standard InChI is InChI=1S/C14H8N2O/c15-8-14-16-9-13(17-14)12-7-3-5-10-4-1-2-6-11(10)12/h1-7,9H. The largest absolute Gasteiger partial charge is 0.428 e. The Bertz CT molecular complexity index is 717. The average Bonchev–Trinajstić information content (AvgIpc) is 2.87. The summed E-state index contributed by atoms with van der Waals surface area (Å²) in [5.41, 5.74) is 0.956. The van der Waals surface area contributed by atoms with E-state index < -0.39 is 0 Å². The van der Waals surface area contributed by atoms with Gasteiger partial charge in [0.25, 0.3) is 0 Å². The Hall–Kier alpha value is -2.60. The van der Waals surface area contributed by atoms with Gasteiger partial charge in [0, 0.05) is 5.56 Å². The number of benzene rings is 2. The van der Waals surface area contributed by atoms with E-state index in [9.17, 15) is 0 Å². The number of hydrogen-bond donors (Lipinski definition) is 0. The summed E-state index contributed by atoms with van der Waals surface area (Å²) in [6, 6.07) is 15.9. The Morgan fingerprint density at radius 3 is 2.71 bits per heavy atom. The summed E-state index contributed by atoms with van der Waals surface area (Å²) in [6.45, 7) is 0. The molecule has 3 heteroatoms. The molecule has 0 saturated heterocycles. The minimum absolute atomic E-state index is 0.0907. The topological polar surface area (TPSA) is 49.8 Å². The molecule has 0 radical (unpaired) electrons. The van der Waals surface area contributed by atoms with E-state index in [1.807, 2.05) is 48.5 Å². The molecule has 80 valence electrons. The van der Waals surface area contributed by atoms with Crippen LogP contribution in [0.5, 0.6) is 0 Å². The lowest BCUT2D eigenvalue weighted by Crippen LogP contribution is -1.78. The minimum Gasteiger partial charge on any atom is -0.428 e. The van der Waals surface area contributed by atoms with Crippen molar-refractivity contribution in [1.82, 2.24) is 4.98 Å². The first-order valence-electron chi connectivity index (χ1n) is 5.22. The quantitative estimate of drug-likeness (QED) is 0.631. The molecule has 2 aromatic carbocycles. The fourth-order valence-corrected chi connectivity index (χ4v) is 1.89. The molecule has 3 aromatic rings. The summed E-state index contributed by atoms with van der Waals surface area (Å²) >= 11 is 0. The van der Waals surface area contributed by atoms with Crippen molar-refractivity contribution in [3.63, 3.8) is 0 Å². The van der Waals surface area contributed by atoms with Gasteiger partial charge in [0.2, 0.25) is 0 Å². The van der Waals surface area contributed by atoms with Crippen molar-refractivity contribution >= 4 is 10.8 Å². The number of nitrogens with zero attached hydrogens (tertiary/aromatic N) is 2. The molecule has 0 unspecified atom stereocenters. The van der Waals surface area contributed by atoms with E-state index in [1.165, 1.54) is 0 Å². The summed E-state index contributed by atoms with van der Waals surface area (Å²) in [6.07, 6.45) is 1.58. The van der Waals surface area contributed by atoms with E-state index in [-0.39, 0.29) is 5.89 Å². The molecular formula is C14H8N2O. The maximum atomic E-state index is 8.70. The lowest BCUT2D eigenvalue weighted by molar-refractivity contribution is 0.556.